The van der Waals surface area contributed by atoms with Crippen molar-refractivity contribution in [3.8, 4) is 6.07 Å². The Morgan fingerprint density at radius 3 is 2.74 bits per heavy atom. The molecular formula is C19H17F3N6O3. The molecule has 9 nitrogen and oxygen atoms in total. The van der Waals surface area contributed by atoms with Gasteiger partial charge in [-0.1, -0.05) is 0 Å². The van der Waals surface area contributed by atoms with Gasteiger partial charge in [-0.2, -0.15) is 18.4 Å². The molecule has 2 aromatic heterocycles. The number of pyridine rings is 2. The summed E-state index contributed by atoms with van der Waals surface area (Å²) in [5.41, 5.74) is 3.54. The highest BCUT2D eigenvalue weighted by atomic mass is 19.4. The molecule has 3 heterocycles. The van der Waals surface area contributed by atoms with E-state index in [0.29, 0.717) is 0 Å². The lowest BCUT2D eigenvalue weighted by molar-refractivity contribution is -0.208. The number of nitrogens with two attached hydrogens (primary N) is 1. The number of amides is 1. The zero-order valence-corrected chi connectivity index (χ0v) is 16.4. The molecule has 0 saturated heterocycles. The van der Waals surface area contributed by atoms with Gasteiger partial charge in [-0.3, -0.25) is 9.59 Å². The molecule has 12 heteroatoms. The molecule has 0 unspecified atom stereocenters. The van der Waals surface area contributed by atoms with Crippen molar-refractivity contribution in [1.82, 2.24) is 9.55 Å². The number of amidine groups is 1. The van der Waals surface area contributed by atoms with Crippen LogP contribution >= 0.6 is 0 Å². The van der Waals surface area contributed by atoms with Crippen molar-refractivity contribution < 1.29 is 22.7 Å². The summed E-state index contributed by atoms with van der Waals surface area (Å²) in [6, 6.07) is 5.19. The first-order valence-electron chi connectivity index (χ1n) is 8.90. The van der Waals surface area contributed by atoms with Crippen LogP contribution < -0.4 is 16.6 Å². The average Bonchev–Trinajstić information content (AvgIpc) is 2.69. The molecule has 3 rings (SSSR count). The summed E-state index contributed by atoms with van der Waals surface area (Å²) in [6.07, 6.45) is -5.08. The number of carbonyl (C=O) groups excluding carboxylic acids is 1. The quantitative estimate of drug-likeness (QED) is 0.756. The van der Waals surface area contributed by atoms with Crippen LogP contribution in [0.4, 0.5) is 18.9 Å². The number of aliphatic imine (C=N–C) groups is 1. The zero-order chi connectivity index (χ0) is 23.0. The van der Waals surface area contributed by atoms with E-state index in [-0.39, 0.29) is 22.5 Å². The molecule has 0 radical (unpaired) electrons. The second-order valence-electron chi connectivity index (χ2n) is 7.13. The first kappa shape index (κ1) is 21.8. The molecule has 1 aliphatic rings. The minimum absolute atomic E-state index is 0.00563. The second kappa shape index (κ2) is 7.75. The molecule has 0 saturated carbocycles. The molecule has 1 amide bonds. The lowest BCUT2D eigenvalue weighted by Gasteiger charge is -2.35. The number of anilines is 1. The van der Waals surface area contributed by atoms with Gasteiger partial charge in [-0.15, -0.1) is 0 Å². The maximum atomic E-state index is 13.2. The van der Waals surface area contributed by atoms with Gasteiger partial charge < -0.3 is 20.4 Å². The van der Waals surface area contributed by atoms with E-state index < -0.39 is 41.7 Å². The summed E-state index contributed by atoms with van der Waals surface area (Å²) < 4.78 is 45.5. The Morgan fingerprint density at radius 2 is 2.16 bits per heavy atom. The topological polar surface area (TPSA) is 135 Å². The van der Waals surface area contributed by atoms with Crippen molar-refractivity contribution in [1.29, 1.82) is 5.26 Å². The zero-order valence-electron chi connectivity index (χ0n) is 16.4. The summed E-state index contributed by atoms with van der Waals surface area (Å²) in [5, 5.41) is 11.3. The molecule has 1 aliphatic heterocycles. The van der Waals surface area contributed by atoms with Crippen LogP contribution in [-0.4, -0.2) is 33.8 Å². The average molecular weight is 434 g/mol. The van der Waals surface area contributed by atoms with Gasteiger partial charge in [0.1, 0.15) is 11.8 Å². The molecule has 2 aromatic rings. The maximum absolute atomic E-state index is 13.2. The Hall–Kier alpha value is -3.88. The van der Waals surface area contributed by atoms with Gasteiger partial charge in [-0.05, 0) is 25.1 Å². The van der Waals surface area contributed by atoms with Crippen molar-refractivity contribution in [2.24, 2.45) is 17.8 Å². The third kappa shape index (κ3) is 4.50. The highest BCUT2D eigenvalue weighted by Gasteiger charge is 2.50. The maximum Gasteiger partial charge on any atom is 0.425 e. The lowest BCUT2D eigenvalue weighted by atomic mass is 9.86. The Balaban J connectivity index is 1.97. The smallest absolute Gasteiger partial charge is 0.425 e. The van der Waals surface area contributed by atoms with Crippen molar-refractivity contribution in [2.75, 3.05) is 5.32 Å². The molecule has 2 atom stereocenters. The minimum atomic E-state index is -4.71. The van der Waals surface area contributed by atoms with Gasteiger partial charge in [0.25, 0.3) is 17.5 Å². The predicted molar refractivity (Wildman–Crippen MR) is 103 cm³/mol. The first-order valence-corrected chi connectivity index (χ1v) is 8.90. The van der Waals surface area contributed by atoms with E-state index in [1.165, 1.54) is 44.6 Å². The summed E-state index contributed by atoms with van der Waals surface area (Å²) in [5.74, 6) is -0.637. The summed E-state index contributed by atoms with van der Waals surface area (Å²) in [6.45, 7) is 1.34. The van der Waals surface area contributed by atoms with Gasteiger partial charge in [0, 0.05) is 31.4 Å². The highest BCUT2D eigenvalue weighted by molar-refractivity contribution is 6.02. The largest absolute Gasteiger partial charge is 0.452 e. The highest BCUT2D eigenvalue weighted by Crippen LogP contribution is 2.39. The van der Waals surface area contributed by atoms with Gasteiger partial charge in [0.2, 0.25) is 0 Å². The van der Waals surface area contributed by atoms with Crippen molar-refractivity contribution in [3.05, 3.63) is 57.8 Å². The summed E-state index contributed by atoms with van der Waals surface area (Å²) >= 11 is 0. The van der Waals surface area contributed by atoms with Gasteiger partial charge in [0.05, 0.1) is 16.8 Å². The fourth-order valence-corrected chi connectivity index (χ4v) is 3.17. The number of hydrogen-bond acceptors (Lipinski definition) is 7. The SMILES string of the molecule is Cn1cc(NC(=O)c2ccc(C#N)cn2)cc([C@]2(C)C[C@@H](C(F)(F)F)OC(N)=N2)c1=O. The van der Waals surface area contributed by atoms with Crippen LogP contribution in [0.15, 0.2) is 40.4 Å². The summed E-state index contributed by atoms with van der Waals surface area (Å²) in [7, 11) is 1.39. The summed E-state index contributed by atoms with van der Waals surface area (Å²) in [4.78, 5) is 33.0. The van der Waals surface area contributed by atoms with Crippen LogP contribution in [0.2, 0.25) is 0 Å². The molecule has 0 aliphatic carbocycles. The number of nitriles is 1. The van der Waals surface area contributed by atoms with Gasteiger partial charge in [0.15, 0.2) is 6.10 Å². The van der Waals surface area contributed by atoms with Crippen LogP contribution in [0, 0.1) is 11.3 Å². The third-order valence-corrected chi connectivity index (χ3v) is 4.71. The van der Waals surface area contributed by atoms with E-state index in [2.05, 4.69) is 20.0 Å². The third-order valence-electron chi connectivity index (χ3n) is 4.71. The molecule has 162 valence electrons. The number of rotatable bonds is 3. The van der Waals surface area contributed by atoms with Crippen LogP contribution in [0.1, 0.15) is 35.0 Å². The molecule has 0 bridgehead atoms. The molecule has 3 N–H and O–H groups in total. The molecule has 31 heavy (non-hydrogen) atoms. The van der Waals surface area contributed by atoms with Crippen LogP contribution in [0.25, 0.3) is 0 Å². The number of aryl methyl sites for hydroxylation is 1. The lowest BCUT2D eigenvalue weighted by Crippen LogP contribution is -2.47. The minimum Gasteiger partial charge on any atom is -0.452 e. The van der Waals surface area contributed by atoms with E-state index in [1.807, 2.05) is 6.07 Å². The predicted octanol–water partition coefficient (Wildman–Crippen LogP) is 1.79. The molecular weight excluding hydrogens is 417 g/mol. The number of alkyl halides is 3. The number of ether oxygens (including phenoxy) is 1. The van der Waals surface area contributed by atoms with Crippen molar-refractivity contribution in [3.63, 3.8) is 0 Å². The molecule has 0 fully saturated rings. The van der Waals surface area contributed by atoms with E-state index in [9.17, 15) is 22.8 Å². The number of aromatic nitrogens is 2. The standard InChI is InChI=1S/C19H17F3N6O3/c1-18(6-14(19(20,21)22)31-17(24)27-18)12-5-11(9-28(2)16(12)30)26-15(29)13-4-3-10(7-23)8-25-13/h3-5,8-9,14H,6H2,1-2H3,(H2,24,27)(H,26,29)/t14-,18-/m0/s1. The van der Waals surface area contributed by atoms with Gasteiger partial charge >= 0.3 is 6.18 Å². The Labute approximate surface area is 174 Å². The number of nitrogens with zero attached hydrogens (tertiary/aromatic N) is 4. The van der Waals surface area contributed by atoms with Crippen molar-refractivity contribution in [2.45, 2.75) is 31.2 Å². The number of nitrogens with one attached hydrogen (secondary N) is 1. The fraction of sp³-hybridized carbons (Fsp3) is 0.316. The normalized spacial score (nSPS) is 20.9. The number of hydrogen-bond donors (Lipinski definition) is 2. The number of carbonyl (C=O) groups is 1. The second-order valence-corrected chi connectivity index (χ2v) is 7.13. The Kier molecular flexibility index (Phi) is 5.45. The Morgan fingerprint density at radius 1 is 1.45 bits per heavy atom. The van der Waals surface area contributed by atoms with Crippen LogP contribution in [0.3, 0.4) is 0 Å². The van der Waals surface area contributed by atoms with Crippen molar-refractivity contribution >= 4 is 17.6 Å². The van der Waals surface area contributed by atoms with E-state index >= 15 is 0 Å². The molecule has 0 spiro atoms. The first-order chi connectivity index (χ1) is 14.4. The van der Waals surface area contributed by atoms with Gasteiger partial charge in [-0.25, -0.2) is 9.98 Å². The molecule has 0 aromatic carbocycles. The van der Waals surface area contributed by atoms with E-state index in [4.69, 9.17) is 11.0 Å². The van der Waals surface area contributed by atoms with Crippen LogP contribution in [0.5, 0.6) is 0 Å². The van der Waals surface area contributed by atoms with Crippen LogP contribution in [-0.2, 0) is 17.3 Å². The van der Waals surface area contributed by atoms with E-state index in [0.717, 1.165) is 4.57 Å². The monoisotopic (exact) mass is 434 g/mol. The fourth-order valence-electron chi connectivity index (χ4n) is 3.17. The number of halogens is 3. The van der Waals surface area contributed by atoms with E-state index in [1.54, 1.807) is 0 Å². The Bertz CT molecular complexity index is 1150.